The van der Waals surface area contributed by atoms with Crippen molar-refractivity contribution in [2.75, 3.05) is 6.61 Å². The van der Waals surface area contributed by atoms with Crippen LogP contribution >= 0.6 is 0 Å². The van der Waals surface area contributed by atoms with E-state index in [2.05, 4.69) is 25.9 Å². The van der Waals surface area contributed by atoms with Gasteiger partial charge in [0.25, 0.3) is 0 Å². The average Bonchev–Trinajstić information content (AvgIpc) is 2.09. The van der Waals surface area contributed by atoms with Gasteiger partial charge in [-0.2, -0.15) is 0 Å². The predicted molar refractivity (Wildman–Crippen MR) is 54.0 cm³/mol. The van der Waals surface area contributed by atoms with E-state index < -0.39 is 0 Å². The molecule has 2 nitrogen and oxygen atoms in total. The largest absolute Gasteiger partial charge is 0.545 e. The first-order valence-electron chi connectivity index (χ1n) is 4.28. The number of carbonyl (C=O) groups excluding carboxylic acids is 1. The van der Waals surface area contributed by atoms with Crippen LogP contribution in [0.25, 0.3) is 0 Å². The summed E-state index contributed by atoms with van der Waals surface area (Å²) in [7, 11) is 1.13. The van der Waals surface area contributed by atoms with Gasteiger partial charge in [0, 0.05) is 37.9 Å². The summed E-state index contributed by atoms with van der Waals surface area (Å²) in [5, 5.41) is 0.188. The van der Waals surface area contributed by atoms with Gasteiger partial charge in [-0.3, -0.25) is 6.79 Å². The SMILES string of the molecule is CC=CC1([SiH3])CCCCO1.[CH-]=O.[Pt]. The summed E-state index contributed by atoms with van der Waals surface area (Å²) in [5.41, 5.74) is 0. The molecule has 1 unspecified atom stereocenters. The van der Waals surface area contributed by atoms with E-state index in [4.69, 9.17) is 9.53 Å². The van der Waals surface area contributed by atoms with Crippen molar-refractivity contribution in [3.8, 4) is 0 Å². The smallest absolute Gasteiger partial charge is 0.0655 e. The first kappa shape index (κ1) is 15.7. The molecule has 1 fully saturated rings. The summed E-state index contributed by atoms with van der Waals surface area (Å²) in [6, 6.07) is 0. The average molecular weight is 380 g/mol. The minimum absolute atomic E-state index is 0. The van der Waals surface area contributed by atoms with Crippen LogP contribution in [0.15, 0.2) is 12.2 Å². The Hall–Kier alpha value is 0.275. The van der Waals surface area contributed by atoms with Crippen molar-refractivity contribution in [1.29, 1.82) is 0 Å². The van der Waals surface area contributed by atoms with Gasteiger partial charge < -0.3 is 9.53 Å². The Morgan fingerprint density at radius 1 is 1.46 bits per heavy atom. The number of ether oxygens (including phenoxy) is 1. The maximum absolute atomic E-state index is 7.75. The first-order valence-corrected chi connectivity index (χ1v) is 5.28. The van der Waals surface area contributed by atoms with Crippen molar-refractivity contribution in [2.45, 2.75) is 31.4 Å². The topological polar surface area (TPSA) is 26.3 Å². The summed E-state index contributed by atoms with van der Waals surface area (Å²) in [5.74, 6) is 0. The molecule has 13 heavy (non-hydrogen) atoms. The summed E-state index contributed by atoms with van der Waals surface area (Å²) in [4.78, 5) is 7.75. The van der Waals surface area contributed by atoms with Gasteiger partial charge in [0.1, 0.15) is 0 Å². The van der Waals surface area contributed by atoms with Gasteiger partial charge >= 0.3 is 0 Å². The summed E-state index contributed by atoms with van der Waals surface area (Å²) in [6.07, 6.45) is 8.16. The second-order valence-electron chi connectivity index (χ2n) is 3.12. The monoisotopic (exact) mass is 380 g/mol. The fourth-order valence-electron chi connectivity index (χ4n) is 1.44. The third kappa shape index (κ3) is 6.36. The van der Waals surface area contributed by atoms with Crippen LogP contribution in [0.5, 0.6) is 0 Å². The second-order valence-corrected chi connectivity index (χ2v) is 4.81. The Morgan fingerprint density at radius 3 is 2.46 bits per heavy atom. The number of hydrogen-bond donors (Lipinski definition) is 0. The number of hydrogen-bond acceptors (Lipinski definition) is 2. The molecular weight excluding hydrogens is 363 g/mol. The fraction of sp³-hybridized carbons (Fsp3) is 0.667. The van der Waals surface area contributed by atoms with Gasteiger partial charge in [-0.05, 0) is 26.2 Å². The van der Waals surface area contributed by atoms with Crippen molar-refractivity contribution in [1.82, 2.24) is 0 Å². The first-order chi connectivity index (χ1) is 5.77. The van der Waals surface area contributed by atoms with Crippen molar-refractivity contribution in [2.24, 2.45) is 0 Å². The van der Waals surface area contributed by atoms with Crippen LogP contribution in [-0.4, -0.2) is 28.9 Å². The van der Waals surface area contributed by atoms with E-state index in [1.54, 1.807) is 0 Å². The van der Waals surface area contributed by atoms with E-state index in [-0.39, 0.29) is 26.3 Å². The molecule has 0 N–H and O–H groups in total. The molecule has 1 saturated heterocycles. The van der Waals surface area contributed by atoms with E-state index in [0.717, 1.165) is 16.8 Å². The second kappa shape index (κ2) is 8.86. The van der Waals surface area contributed by atoms with Crippen LogP contribution in [0, 0.1) is 0 Å². The number of rotatable bonds is 1. The zero-order valence-electron chi connectivity index (χ0n) is 8.19. The van der Waals surface area contributed by atoms with E-state index in [1.807, 2.05) is 0 Å². The van der Waals surface area contributed by atoms with Crippen LogP contribution in [0.2, 0.25) is 0 Å². The molecule has 4 heteroatoms. The van der Waals surface area contributed by atoms with E-state index in [9.17, 15) is 0 Å². The molecule has 0 saturated carbocycles. The number of allylic oxidation sites excluding steroid dienone is 1. The molecule has 80 valence electrons. The van der Waals surface area contributed by atoms with Gasteiger partial charge in [0.15, 0.2) is 0 Å². The third-order valence-electron chi connectivity index (χ3n) is 2.02. The minimum atomic E-state index is 0. The van der Waals surface area contributed by atoms with Crippen LogP contribution in [0.1, 0.15) is 26.2 Å². The molecule has 1 heterocycles. The van der Waals surface area contributed by atoms with Crippen molar-refractivity contribution in [3.05, 3.63) is 12.2 Å². The third-order valence-corrected chi connectivity index (χ3v) is 3.14. The quantitative estimate of drug-likeness (QED) is 0.288. The Labute approximate surface area is 97.8 Å². The predicted octanol–water partition coefficient (Wildman–Crippen LogP) is 0.548. The molecule has 1 aliphatic rings. The zero-order valence-corrected chi connectivity index (χ0v) is 12.5. The van der Waals surface area contributed by atoms with Gasteiger partial charge in [0.05, 0.1) is 5.22 Å². The van der Waals surface area contributed by atoms with Gasteiger partial charge in [-0.15, -0.1) is 0 Å². The molecule has 1 rings (SSSR count). The van der Waals surface area contributed by atoms with Crippen molar-refractivity contribution >= 4 is 17.0 Å². The van der Waals surface area contributed by atoms with E-state index >= 15 is 0 Å². The summed E-state index contributed by atoms with van der Waals surface area (Å²) < 4.78 is 5.68. The fourth-order valence-corrected chi connectivity index (χ4v) is 2.33. The Kier molecular flexibility index (Phi) is 10.7. The molecule has 0 radical (unpaired) electrons. The molecule has 0 amide bonds. The molecule has 0 spiro atoms. The molecule has 0 aromatic rings. The Balaban J connectivity index is 0. The van der Waals surface area contributed by atoms with Gasteiger partial charge in [-0.1, -0.05) is 12.2 Å². The normalized spacial score (nSPS) is 27.5. The maximum atomic E-state index is 7.75. The molecule has 0 aromatic carbocycles. The van der Waals surface area contributed by atoms with Crippen LogP contribution in [0.4, 0.5) is 0 Å². The zero-order chi connectivity index (χ0) is 9.45. The minimum Gasteiger partial charge on any atom is -0.545 e. The summed E-state index contributed by atoms with van der Waals surface area (Å²) in [6.45, 7) is 6.28. The molecule has 0 bridgehead atoms. The molecule has 0 aromatic heterocycles. The molecule has 0 aliphatic carbocycles. The van der Waals surface area contributed by atoms with Crippen molar-refractivity contribution in [3.63, 3.8) is 0 Å². The van der Waals surface area contributed by atoms with E-state index in [1.165, 1.54) is 19.3 Å². The molecule has 1 atom stereocenters. The van der Waals surface area contributed by atoms with Gasteiger partial charge in [0.2, 0.25) is 0 Å². The van der Waals surface area contributed by atoms with Gasteiger partial charge in [-0.25, -0.2) is 0 Å². The summed E-state index contributed by atoms with van der Waals surface area (Å²) >= 11 is 0. The van der Waals surface area contributed by atoms with Crippen LogP contribution < -0.4 is 0 Å². The van der Waals surface area contributed by atoms with Crippen LogP contribution in [0.3, 0.4) is 0 Å². The molecule has 1 aliphatic heterocycles. The van der Waals surface area contributed by atoms with Crippen molar-refractivity contribution < 1.29 is 30.6 Å². The van der Waals surface area contributed by atoms with Crippen LogP contribution in [-0.2, 0) is 30.6 Å². The Morgan fingerprint density at radius 2 is 2.08 bits per heavy atom. The maximum Gasteiger partial charge on any atom is 0.0655 e. The van der Waals surface area contributed by atoms with E-state index in [0.29, 0.717) is 0 Å². The Bertz CT molecular complexity index is 145. The molecular formula is C9H17O2PtSi-. The standard InChI is InChI=1S/C8H16OSi.CHO.Pt/c1-2-5-8(10)6-3-4-7-9-8;1-2;/h2,5H,3-4,6-7H2,1,10H3;1H;/q;-1;.